The number of piperazine rings is 1. The van der Waals surface area contributed by atoms with Gasteiger partial charge in [-0.05, 0) is 18.4 Å². The molecular weight excluding hydrogens is 406 g/mol. The zero-order valence-electron chi connectivity index (χ0n) is 17.6. The second-order valence-electron chi connectivity index (χ2n) is 7.79. The van der Waals surface area contributed by atoms with E-state index in [1.165, 1.54) is 5.56 Å². The minimum absolute atomic E-state index is 0.0843. The van der Waals surface area contributed by atoms with Crippen LogP contribution in [0.5, 0.6) is 0 Å². The Balaban J connectivity index is 1.21. The van der Waals surface area contributed by atoms with E-state index in [2.05, 4.69) is 17.1 Å². The molecule has 0 spiro atoms. The minimum atomic E-state index is 0.0843. The summed E-state index contributed by atoms with van der Waals surface area (Å²) < 4.78 is 0. The lowest BCUT2D eigenvalue weighted by molar-refractivity contribution is -0.139. The van der Waals surface area contributed by atoms with Gasteiger partial charge in [-0.3, -0.25) is 9.59 Å². The van der Waals surface area contributed by atoms with Crippen LogP contribution in [0.2, 0.25) is 0 Å². The summed E-state index contributed by atoms with van der Waals surface area (Å²) in [6.07, 6.45) is 2.65. The van der Waals surface area contributed by atoms with Crippen molar-refractivity contribution in [2.24, 2.45) is 0 Å². The van der Waals surface area contributed by atoms with Crippen LogP contribution in [0.1, 0.15) is 24.1 Å². The van der Waals surface area contributed by atoms with Gasteiger partial charge in [-0.1, -0.05) is 60.7 Å². The number of amides is 2. The summed E-state index contributed by atoms with van der Waals surface area (Å²) in [4.78, 5) is 33.6. The zero-order valence-corrected chi connectivity index (χ0v) is 18.4. The van der Waals surface area contributed by atoms with Crippen LogP contribution in [0.3, 0.4) is 0 Å². The Morgan fingerprint density at radius 2 is 1.45 bits per heavy atom. The predicted molar refractivity (Wildman–Crippen MR) is 124 cm³/mol. The highest BCUT2D eigenvalue weighted by Gasteiger charge is 2.24. The van der Waals surface area contributed by atoms with Crippen molar-refractivity contribution in [2.45, 2.75) is 25.7 Å². The van der Waals surface area contributed by atoms with E-state index in [0.717, 1.165) is 29.1 Å². The standard InChI is InChI=1S/C25H27N3O2S/c29-23(13-7-10-20-8-3-1-4-9-20)27-14-16-28(17-15-27)24(30)18-22-19-31-25(26-22)21-11-5-2-6-12-21/h1-6,8-9,11-12,19H,7,10,13-18H2. The summed E-state index contributed by atoms with van der Waals surface area (Å²) in [5, 5.41) is 2.90. The van der Waals surface area contributed by atoms with Crippen LogP contribution in [-0.2, 0) is 22.4 Å². The first kappa shape index (κ1) is 21.2. The van der Waals surface area contributed by atoms with Gasteiger partial charge in [-0.15, -0.1) is 11.3 Å². The molecule has 31 heavy (non-hydrogen) atoms. The monoisotopic (exact) mass is 433 g/mol. The second kappa shape index (κ2) is 10.4. The molecule has 2 amide bonds. The van der Waals surface area contributed by atoms with Gasteiger partial charge in [0.05, 0.1) is 12.1 Å². The Bertz CT molecular complexity index is 996. The predicted octanol–water partition coefficient (Wildman–Crippen LogP) is 4.05. The highest BCUT2D eigenvalue weighted by atomic mass is 32.1. The fourth-order valence-electron chi connectivity index (χ4n) is 3.82. The fraction of sp³-hybridized carbons (Fsp3) is 0.320. The Kier molecular flexibility index (Phi) is 7.10. The van der Waals surface area contributed by atoms with Crippen LogP contribution in [0.4, 0.5) is 0 Å². The molecule has 1 saturated heterocycles. The average Bonchev–Trinajstić information content (AvgIpc) is 3.29. The normalized spacial score (nSPS) is 13.9. The molecule has 1 aliphatic heterocycles. The molecule has 6 heteroatoms. The van der Waals surface area contributed by atoms with Gasteiger partial charge < -0.3 is 9.80 Å². The van der Waals surface area contributed by atoms with Gasteiger partial charge in [0.1, 0.15) is 5.01 Å². The van der Waals surface area contributed by atoms with Gasteiger partial charge in [-0.25, -0.2) is 4.98 Å². The zero-order chi connectivity index (χ0) is 21.5. The van der Waals surface area contributed by atoms with Crippen molar-refractivity contribution < 1.29 is 9.59 Å². The van der Waals surface area contributed by atoms with Crippen molar-refractivity contribution in [2.75, 3.05) is 26.2 Å². The number of nitrogens with zero attached hydrogens (tertiary/aromatic N) is 3. The van der Waals surface area contributed by atoms with Gasteiger partial charge in [0.25, 0.3) is 0 Å². The van der Waals surface area contributed by atoms with Crippen molar-refractivity contribution in [1.29, 1.82) is 0 Å². The van der Waals surface area contributed by atoms with Crippen molar-refractivity contribution in [3.05, 3.63) is 77.3 Å². The first-order chi connectivity index (χ1) is 15.2. The second-order valence-corrected chi connectivity index (χ2v) is 8.65. The van der Waals surface area contributed by atoms with Crippen LogP contribution in [0.25, 0.3) is 10.6 Å². The molecule has 1 aliphatic rings. The van der Waals surface area contributed by atoms with Crippen LogP contribution in [0.15, 0.2) is 66.0 Å². The largest absolute Gasteiger partial charge is 0.339 e. The number of rotatable bonds is 7. The van der Waals surface area contributed by atoms with Gasteiger partial charge in [0.15, 0.2) is 0 Å². The van der Waals surface area contributed by atoms with E-state index in [1.54, 1.807) is 11.3 Å². The molecule has 0 atom stereocenters. The van der Waals surface area contributed by atoms with Crippen molar-refractivity contribution >= 4 is 23.2 Å². The maximum Gasteiger partial charge on any atom is 0.228 e. The molecule has 1 aromatic heterocycles. The molecule has 0 unspecified atom stereocenters. The van der Waals surface area contributed by atoms with E-state index >= 15 is 0 Å². The van der Waals surface area contributed by atoms with Crippen molar-refractivity contribution in [3.8, 4) is 10.6 Å². The van der Waals surface area contributed by atoms with Gasteiger partial charge in [0, 0.05) is 43.5 Å². The van der Waals surface area contributed by atoms with E-state index in [0.29, 0.717) is 39.0 Å². The van der Waals surface area contributed by atoms with Crippen LogP contribution in [-0.4, -0.2) is 52.8 Å². The van der Waals surface area contributed by atoms with Crippen LogP contribution in [0, 0.1) is 0 Å². The molecule has 1 fully saturated rings. The van der Waals surface area contributed by atoms with Crippen LogP contribution < -0.4 is 0 Å². The molecule has 0 bridgehead atoms. The molecule has 5 nitrogen and oxygen atoms in total. The van der Waals surface area contributed by atoms with Crippen molar-refractivity contribution in [3.63, 3.8) is 0 Å². The molecule has 160 valence electrons. The quantitative estimate of drug-likeness (QED) is 0.565. The molecular formula is C25H27N3O2S. The third-order valence-electron chi connectivity index (χ3n) is 5.59. The molecule has 0 aliphatic carbocycles. The number of hydrogen-bond acceptors (Lipinski definition) is 4. The Morgan fingerprint density at radius 1 is 0.839 bits per heavy atom. The number of aryl methyl sites for hydroxylation is 1. The number of thiazole rings is 1. The summed E-state index contributed by atoms with van der Waals surface area (Å²) in [5.41, 5.74) is 3.15. The number of carbonyl (C=O) groups excluding carboxylic acids is 2. The fourth-order valence-corrected chi connectivity index (χ4v) is 4.65. The molecule has 4 rings (SSSR count). The highest BCUT2D eigenvalue weighted by Crippen LogP contribution is 2.23. The molecule has 2 heterocycles. The van der Waals surface area contributed by atoms with Gasteiger partial charge in [0.2, 0.25) is 11.8 Å². The van der Waals surface area contributed by atoms with E-state index in [9.17, 15) is 9.59 Å². The molecule has 3 aromatic rings. The average molecular weight is 434 g/mol. The van der Waals surface area contributed by atoms with Crippen molar-refractivity contribution in [1.82, 2.24) is 14.8 Å². The first-order valence-corrected chi connectivity index (χ1v) is 11.7. The third kappa shape index (κ3) is 5.79. The lowest BCUT2D eigenvalue weighted by Crippen LogP contribution is -2.51. The number of hydrogen-bond donors (Lipinski definition) is 0. The van der Waals surface area contributed by atoms with E-state index in [-0.39, 0.29) is 11.8 Å². The number of benzene rings is 2. The summed E-state index contributed by atoms with van der Waals surface area (Å²) in [6.45, 7) is 2.42. The Labute approximate surface area is 187 Å². The molecule has 0 N–H and O–H groups in total. The van der Waals surface area contributed by atoms with E-state index in [1.807, 2.05) is 63.7 Å². The Morgan fingerprint density at radius 3 is 2.13 bits per heavy atom. The summed E-state index contributed by atoms with van der Waals surface area (Å²) in [7, 11) is 0. The molecule has 0 radical (unpaired) electrons. The third-order valence-corrected chi connectivity index (χ3v) is 6.53. The van der Waals surface area contributed by atoms with E-state index in [4.69, 9.17) is 0 Å². The summed E-state index contributed by atoms with van der Waals surface area (Å²) in [6, 6.07) is 20.3. The smallest absolute Gasteiger partial charge is 0.228 e. The van der Waals surface area contributed by atoms with Crippen LogP contribution >= 0.6 is 11.3 Å². The highest BCUT2D eigenvalue weighted by molar-refractivity contribution is 7.13. The number of aromatic nitrogens is 1. The molecule has 0 saturated carbocycles. The van der Waals surface area contributed by atoms with Gasteiger partial charge >= 0.3 is 0 Å². The lowest BCUT2D eigenvalue weighted by atomic mass is 10.1. The number of carbonyl (C=O) groups is 2. The topological polar surface area (TPSA) is 53.5 Å². The maximum absolute atomic E-state index is 12.7. The summed E-state index contributed by atoms with van der Waals surface area (Å²) in [5.74, 6) is 0.274. The Hall–Kier alpha value is -2.99. The minimum Gasteiger partial charge on any atom is -0.339 e. The molecule has 2 aromatic carbocycles. The summed E-state index contributed by atoms with van der Waals surface area (Å²) >= 11 is 1.57. The SMILES string of the molecule is O=C(CCCc1ccccc1)N1CCN(C(=O)Cc2csc(-c3ccccc3)n2)CC1. The lowest BCUT2D eigenvalue weighted by Gasteiger charge is -2.34. The maximum atomic E-state index is 12.7. The van der Waals surface area contributed by atoms with Gasteiger partial charge in [-0.2, -0.15) is 0 Å². The van der Waals surface area contributed by atoms with E-state index < -0.39 is 0 Å². The first-order valence-electron chi connectivity index (χ1n) is 10.8.